The van der Waals surface area contributed by atoms with E-state index >= 15 is 0 Å². The Bertz CT molecular complexity index is 598. The van der Waals surface area contributed by atoms with Crippen LogP contribution in [-0.4, -0.2) is 6.54 Å². The fraction of sp³-hybridized carbons (Fsp3) is 0.333. The molecule has 0 aliphatic rings. The van der Waals surface area contributed by atoms with Crippen LogP contribution in [0.2, 0.25) is 5.02 Å². The molecule has 0 saturated carbocycles. The third-order valence-corrected chi connectivity index (χ3v) is 4.20. The van der Waals surface area contributed by atoms with E-state index in [9.17, 15) is 8.78 Å². The molecule has 1 nitrogen and oxygen atoms in total. The van der Waals surface area contributed by atoms with Crippen molar-refractivity contribution < 1.29 is 8.78 Å². The van der Waals surface area contributed by atoms with E-state index in [4.69, 9.17) is 11.6 Å². The minimum absolute atomic E-state index is 0.193. The molecule has 0 saturated heterocycles. The molecule has 20 heavy (non-hydrogen) atoms. The Morgan fingerprint density at radius 1 is 1.25 bits per heavy atom. The molecule has 0 aliphatic heterocycles. The maximum Gasteiger partial charge on any atom is 0.142 e. The second-order valence-corrected chi connectivity index (χ2v) is 6.19. The number of halogens is 3. The van der Waals surface area contributed by atoms with Crippen LogP contribution in [0.5, 0.6) is 0 Å². The molecule has 0 spiro atoms. The van der Waals surface area contributed by atoms with Crippen LogP contribution in [0.15, 0.2) is 23.6 Å². The molecule has 5 heteroatoms. The van der Waals surface area contributed by atoms with Crippen LogP contribution < -0.4 is 5.32 Å². The fourth-order valence-electron chi connectivity index (χ4n) is 2.07. The SMILES string of the molecule is CCCNC(c1csc(C)c1)c1cc(F)c(Cl)cc1F. The molecule has 2 rings (SSSR count). The summed E-state index contributed by atoms with van der Waals surface area (Å²) in [6.07, 6.45) is 0.914. The first-order valence-corrected chi connectivity index (χ1v) is 7.71. The van der Waals surface area contributed by atoms with E-state index in [1.807, 2.05) is 25.3 Å². The van der Waals surface area contributed by atoms with Gasteiger partial charge < -0.3 is 5.32 Å². The number of benzene rings is 1. The zero-order valence-corrected chi connectivity index (χ0v) is 12.9. The third-order valence-electron chi connectivity index (χ3n) is 3.03. The van der Waals surface area contributed by atoms with Gasteiger partial charge >= 0.3 is 0 Å². The molecular formula is C15H16ClF2NS. The minimum Gasteiger partial charge on any atom is -0.306 e. The molecule has 1 heterocycles. The quantitative estimate of drug-likeness (QED) is 0.759. The van der Waals surface area contributed by atoms with E-state index in [1.165, 1.54) is 6.07 Å². The Labute approximate surface area is 126 Å². The molecule has 0 radical (unpaired) electrons. The van der Waals surface area contributed by atoms with Gasteiger partial charge in [-0.15, -0.1) is 11.3 Å². The molecule has 1 unspecified atom stereocenters. The highest BCUT2D eigenvalue weighted by Gasteiger charge is 2.20. The molecule has 0 bridgehead atoms. The number of hydrogen-bond acceptors (Lipinski definition) is 2. The zero-order valence-electron chi connectivity index (χ0n) is 11.3. The minimum atomic E-state index is -0.599. The Balaban J connectivity index is 2.43. The number of hydrogen-bond donors (Lipinski definition) is 1. The van der Waals surface area contributed by atoms with E-state index in [0.29, 0.717) is 0 Å². The van der Waals surface area contributed by atoms with Gasteiger partial charge in [0.15, 0.2) is 0 Å². The molecular weight excluding hydrogens is 300 g/mol. The first-order valence-electron chi connectivity index (χ1n) is 6.45. The summed E-state index contributed by atoms with van der Waals surface area (Å²) in [6.45, 7) is 4.74. The molecule has 0 amide bonds. The zero-order chi connectivity index (χ0) is 14.7. The first kappa shape index (κ1) is 15.4. The van der Waals surface area contributed by atoms with Crippen molar-refractivity contribution in [1.29, 1.82) is 0 Å². The van der Waals surface area contributed by atoms with Crippen molar-refractivity contribution in [3.63, 3.8) is 0 Å². The average molecular weight is 316 g/mol. The van der Waals surface area contributed by atoms with Gasteiger partial charge in [0.2, 0.25) is 0 Å². The maximum absolute atomic E-state index is 14.1. The average Bonchev–Trinajstić information content (AvgIpc) is 2.82. The van der Waals surface area contributed by atoms with Gasteiger partial charge in [-0.05, 0) is 49.0 Å². The second-order valence-electron chi connectivity index (χ2n) is 4.67. The summed E-state index contributed by atoms with van der Waals surface area (Å²) in [7, 11) is 0. The summed E-state index contributed by atoms with van der Waals surface area (Å²) in [5.74, 6) is -1.09. The Kier molecular flexibility index (Phi) is 5.13. The summed E-state index contributed by atoms with van der Waals surface area (Å²) in [5.41, 5.74) is 1.24. The van der Waals surface area contributed by atoms with Gasteiger partial charge in [0.1, 0.15) is 11.6 Å². The van der Waals surface area contributed by atoms with Crippen LogP contribution in [0.1, 0.15) is 35.4 Å². The van der Waals surface area contributed by atoms with Crippen LogP contribution in [0.4, 0.5) is 8.78 Å². The highest BCUT2D eigenvalue weighted by Crippen LogP contribution is 2.30. The lowest BCUT2D eigenvalue weighted by molar-refractivity contribution is 0.536. The summed E-state index contributed by atoms with van der Waals surface area (Å²) in [5, 5.41) is 5.03. The summed E-state index contributed by atoms with van der Waals surface area (Å²) in [6, 6.07) is 3.85. The fourth-order valence-corrected chi connectivity index (χ4v) is 2.95. The van der Waals surface area contributed by atoms with E-state index in [1.54, 1.807) is 11.3 Å². The predicted octanol–water partition coefficient (Wildman–Crippen LogP) is 5.08. The van der Waals surface area contributed by atoms with Crippen LogP contribution >= 0.6 is 22.9 Å². The van der Waals surface area contributed by atoms with Crippen molar-refractivity contribution in [1.82, 2.24) is 5.32 Å². The van der Waals surface area contributed by atoms with Crippen LogP contribution in [0.3, 0.4) is 0 Å². The van der Waals surface area contributed by atoms with E-state index < -0.39 is 11.6 Å². The molecule has 1 atom stereocenters. The number of thiophene rings is 1. The van der Waals surface area contributed by atoms with Gasteiger partial charge in [0.25, 0.3) is 0 Å². The van der Waals surface area contributed by atoms with E-state index in [2.05, 4.69) is 5.32 Å². The lowest BCUT2D eigenvalue weighted by Gasteiger charge is -2.19. The van der Waals surface area contributed by atoms with Crippen molar-refractivity contribution in [2.45, 2.75) is 26.3 Å². The van der Waals surface area contributed by atoms with Crippen LogP contribution in [0, 0.1) is 18.6 Å². The summed E-state index contributed by atoms with van der Waals surface area (Å²) >= 11 is 7.20. The predicted molar refractivity (Wildman–Crippen MR) is 80.6 cm³/mol. The molecule has 2 aromatic rings. The van der Waals surface area contributed by atoms with Crippen molar-refractivity contribution in [3.05, 3.63) is 56.2 Å². The summed E-state index contributed by atoms with van der Waals surface area (Å²) < 4.78 is 27.8. The largest absolute Gasteiger partial charge is 0.306 e. The Morgan fingerprint density at radius 3 is 2.60 bits per heavy atom. The molecule has 0 fully saturated rings. The molecule has 108 valence electrons. The molecule has 0 aliphatic carbocycles. The first-order chi connectivity index (χ1) is 9.52. The number of aryl methyl sites for hydroxylation is 1. The molecule has 1 aromatic carbocycles. The van der Waals surface area contributed by atoms with Gasteiger partial charge in [-0.1, -0.05) is 18.5 Å². The van der Waals surface area contributed by atoms with Crippen molar-refractivity contribution >= 4 is 22.9 Å². The Hall–Kier alpha value is -0.970. The monoisotopic (exact) mass is 315 g/mol. The molecule has 1 N–H and O–H groups in total. The normalized spacial score (nSPS) is 12.7. The summed E-state index contributed by atoms with van der Waals surface area (Å²) in [4.78, 5) is 1.14. The van der Waals surface area contributed by atoms with E-state index in [0.717, 1.165) is 29.5 Å². The molecule has 1 aromatic heterocycles. The maximum atomic E-state index is 14.1. The van der Waals surface area contributed by atoms with Gasteiger partial charge in [-0.25, -0.2) is 8.78 Å². The lowest BCUT2D eigenvalue weighted by Crippen LogP contribution is -2.24. The topological polar surface area (TPSA) is 12.0 Å². The number of rotatable bonds is 5. The van der Waals surface area contributed by atoms with Crippen molar-refractivity contribution in [2.24, 2.45) is 0 Å². The van der Waals surface area contributed by atoms with Crippen molar-refractivity contribution in [2.75, 3.05) is 6.54 Å². The van der Waals surface area contributed by atoms with Gasteiger partial charge in [-0.3, -0.25) is 0 Å². The lowest BCUT2D eigenvalue weighted by atomic mass is 10.00. The highest BCUT2D eigenvalue weighted by atomic mass is 35.5. The van der Waals surface area contributed by atoms with Gasteiger partial charge in [0, 0.05) is 10.4 Å². The van der Waals surface area contributed by atoms with Crippen molar-refractivity contribution in [3.8, 4) is 0 Å². The third kappa shape index (κ3) is 3.37. The smallest absolute Gasteiger partial charge is 0.142 e. The van der Waals surface area contributed by atoms with Gasteiger partial charge in [-0.2, -0.15) is 0 Å². The van der Waals surface area contributed by atoms with E-state index in [-0.39, 0.29) is 16.6 Å². The highest BCUT2D eigenvalue weighted by molar-refractivity contribution is 7.10. The number of nitrogens with one attached hydrogen (secondary N) is 1. The Morgan fingerprint density at radius 2 is 2.00 bits per heavy atom. The standard InChI is InChI=1S/C15H16ClF2NS/c1-3-4-19-15(10-5-9(2)20-8-10)11-6-14(18)12(16)7-13(11)17/h5-8,15,19H,3-4H2,1-2H3. The van der Waals surface area contributed by atoms with Crippen LogP contribution in [-0.2, 0) is 0 Å². The second kappa shape index (κ2) is 6.66. The van der Waals surface area contributed by atoms with Gasteiger partial charge in [0.05, 0.1) is 11.1 Å². The van der Waals surface area contributed by atoms with Crippen LogP contribution in [0.25, 0.3) is 0 Å².